The fraction of sp³-hybridized carbons (Fsp3) is 0.316. The van der Waals surface area contributed by atoms with Crippen LogP contribution in [0.2, 0.25) is 0 Å². The van der Waals surface area contributed by atoms with E-state index in [1.54, 1.807) is 6.20 Å². The first kappa shape index (κ1) is 15.6. The Hall–Kier alpha value is -2.89. The van der Waals surface area contributed by atoms with Crippen molar-refractivity contribution in [3.63, 3.8) is 0 Å². The lowest BCUT2D eigenvalue weighted by Gasteiger charge is -2.36. The van der Waals surface area contributed by atoms with Gasteiger partial charge in [0.1, 0.15) is 0 Å². The standard InChI is InChI=1S/C19H20N4O2/c1-13-15(17-7-2-3-8-20-17)5-4-6-16(13)18(24)22-9-10-23-14(12-22)11-21-19(23)25/h2-8,14H,9-12H2,1H3,(H,21,25)/t14-/m1/s1. The molecule has 25 heavy (non-hydrogen) atoms. The highest BCUT2D eigenvalue weighted by atomic mass is 16.2. The quantitative estimate of drug-likeness (QED) is 0.911. The van der Waals surface area contributed by atoms with Gasteiger partial charge in [-0.2, -0.15) is 0 Å². The average molecular weight is 336 g/mol. The summed E-state index contributed by atoms with van der Waals surface area (Å²) in [6.45, 7) is 4.30. The number of nitrogens with zero attached hydrogens (tertiary/aromatic N) is 3. The van der Waals surface area contributed by atoms with E-state index in [0.29, 0.717) is 31.7 Å². The molecule has 6 nitrogen and oxygen atoms in total. The van der Waals surface area contributed by atoms with Gasteiger partial charge >= 0.3 is 6.03 Å². The summed E-state index contributed by atoms with van der Waals surface area (Å²) in [5, 5.41) is 2.84. The molecule has 0 aliphatic carbocycles. The van der Waals surface area contributed by atoms with Crippen molar-refractivity contribution < 1.29 is 9.59 Å². The van der Waals surface area contributed by atoms with Crippen molar-refractivity contribution in [2.75, 3.05) is 26.2 Å². The van der Waals surface area contributed by atoms with Crippen LogP contribution in [-0.4, -0.2) is 58.9 Å². The first-order valence-corrected chi connectivity index (χ1v) is 8.50. The van der Waals surface area contributed by atoms with E-state index in [9.17, 15) is 9.59 Å². The largest absolute Gasteiger partial charge is 0.336 e. The molecule has 2 aromatic rings. The van der Waals surface area contributed by atoms with Crippen molar-refractivity contribution in [1.29, 1.82) is 0 Å². The number of hydrogen-bond donors (Lipinski definition) is 1. The van der Waals surface area contributed by atoms with Crippen LogP contribution in [0.5, 0.6) is 0 Å². The van der Waals surface area contributed by atoms with Crippen LogP contribution in [-0.2, 0) is 0 Å². The van der Waals surface area contributed by atoms with E-state index in [2.05, 4.69) is 10.3 Å². The molecule has 2 aliphatic heterocycles. The zero-order valence-electron chi connectivity index (χ0n) is 14.1. The maximum absolute atomic E-state index is 13.1. The van der Waals surface area contributed by atoms with Gasteiger partial charge in [-0.05, 0) is 30.7 Å². The summed E-state index contributed by atoms with van der Waals surface area (Å²) in [5.41, 5.74) is 3.48. The maximum atomic E-state index is 13.1. The Bertz CT molecular complexity index is 821. The normalized spacial score (nSPS) is 19.6. The number of carbonyl (C=O) groups is 2. The molecule has 2 aliphatic rings. The molecule has 1 N–H and O–H groups in total. The fourth-order valence-electron chi connectivity index (χ4n) is 3.63. The summed E-state index contributed by atoms with van der Waals surface area (Å²) in [4.78, 5) is 32.8. The van der Waals surface area contributed by atoms with Gasteiger partial charge in [-0.3, -0.25) is 9.78 Å². The molecular weight excluding hydrogens is 316 g/mol. The van der Waals surface area contributed by atoms with Gasteiger partial charge in [0, 0.05) is 43.5 Å². The highest BCUT2D eigenvalue weighted by Crippen LogP contribution is 2.25. The molecule has 2 fully saturated rings. The van der Waals surface area contributed by atoms with E-state index in [4.69, 9.17) is 0 Å². The highest BCUT2D eigenvalue weighted by Gasteiger charge is 2.37. The number of nitrogens with one attached hydrogen (secondary N) is 1. The van der Waals surface area contributed by atoms with E-state index < -0.39 is 0 Å². The molecule has 0 bridgehead atoms. The average Bonchev–Trinajstić information content (AvgIpc) is 3.02. The second-order valence-electron chi connectivity index (χ2n) is 6.48. The van der Waals surface area contributed by atoms with Gasteiger partial charge in [0.2, 0.25) is 0 Å². The lowest BCUT2D eigenvalue weighted by molar-refractivity contribution is 0.0616. The van der Waals surface area contributed by atoms with Crippen molar-refractivity contribution >= 4 is 11.9 Å². The summed E-state index contributed by atoms with van der Waals surface area (Å²) >= 11 is 0. The number of urea groups is 1. The molecule has 1 aromatic heterocycles. The minimum absolute atomic E-state index is 0.0225. The van der Waals surface area contributed by atoms with Crippen molar-refractivity contribution in [2.45, 2.75) is 13.0 Å². The second kappa shape index (κ2) is 6.20. The van der Waals surface area contributed by atoms with E-state index >= 15 is 0 Å². The first-order valence-electron chi connectivity index (χ1n) is 8.50. The predicted octanol–water partition coefficient (Wildman–Crippen LogP) is 1.91. The van der Waals surface area contributed by atoms with Gasteiger partial charge in [0.05, 0.1) is 11.7 Å². The van der Waals surface area contributed by atoms with Crippen molar-refractivity contribution in [2.24, 2.45) is 0 Å². The molecular formula is C19H20N4O2. The summed E-state index contributed by atoms with van der Waals surface area (Å²) in [6, 6.07) is 11.6. The van der Waals surface area contributed by atoms with Gasteiger partial charge in [0.25, 0.3) is 5.91 Å². The number of benzene rings is 1. The minimum Gasteiger partial charge on any atom is -0.336 e. The predicted molar refractivity (Wildman–Crippen MR) is 94.2 cm³/mol. The number of rotatable bonds is 2. The van der Waals surface area contributed by atoms with E-state index in [1.807, 2.05) is 53.1 Å². The molecule has 6 heteroatoms. The second-order valence-corrected chi connectivity index (χ2v) is 6.48. The Labute approximate surface area is 146 Å². The molecule has 1 atom stereocenters. The number of hydrogen-bond acceptors (Lipinski definition) is 3. The molecule has 128 valence electrons. The summed E-state index contributed by atoms with van der Waals surface area (Å²) in [7, 11) is 0. The molecule has 3 heterocycles. The lowest BCUT2D eigenvalue weighted by atomic mass is 9.98. The Morgan fingerprint density at radius 1 is 1.20 bits per heavy atom. The van der Waals surface area contributed by atoms with Crippen LogP contribution < -0.4 is 5.32 Å². The van der Waals surface area contributed by atoms with Crippen LogP contribution in [0, 0.1) is 6.92 Å². The molecule has 2 saturated heterocycles. The summed E-state index contributed by atoms with van der Waals surface area (Å²) < 4.78 is 0. The third-order valence-electron chi connectivity index (χ3n) is 5.02. The van der Waals surface area contributed by atoms with E-state index in [-0.39, 0.29) is 18.0 Å². The molecule has 4 rings (SSSR count). The Morgan fingerprint density at radius 2 is 2.08 bits per heavy atom. The van der Waals surface area contributed by atoms with E-state index in [0.717, 1.165) is 16.8 Å². The lowest BCUT2D eigenvalue weighted by Crippen LogP contribution is -2.53. The SMILES string of the molecule is Cc1c(C(=O)N2CCN3C(=O)NC[C@@H]3C2)cccc1-c1ccccn1. The van der Waals surface area contributed by atoms with Crippen molar-refractivity contribution in [1.82, 2.24) is 20.1 Å². The number of piperazine rings is 1. The molecule has 0 spiro atoms. The molecule has 0 radical (unpaired) electrons. The third-order valence-corrected chi connectivity index (χ3v) is 5.02. The van der Waals surface area contributed by atoms with Crippen molar-refractivity contribution in [3.8, 4) is 11.3 Å². The van der Waals surface area contributed by atoms with Crippen LogP contribution in [0.4, 0.5) is 4.79 Å². The topological polar surface area (TPSA) is 65.5 Å². The van der Waals surface area contributed by atoms with Crippen molar-refractivity contribution in [3.05, 3.63) is 53.7 Å². The zero-order chi connectivity index (χ0) is 17.4. The van der Waals surface area contributed by atoms with E-state index in [1.165, 1.54) is 0 Å². The van der Waals surface area contributed by atoms with Gasteiger partial charge in [-0.1, -0.05) is 18.2 Å². The van der Waals surface area contributed by atoms with Crippen LogP contribution in [0.25, 0.3) is 11.3 Å². The molecule has 0 unspecified atom stereocenters. The third kappa shape index (κ3) is 2.73. The first-order chi connectivity index (χ1) is 12.1. The van der Waals surface area contributed by atoms with Crippen LogP contribution in [0.1, 0.15) is 15.9 Å². The molecule has 1 aromatic carbocycles. The van der Waals surface area contributed by atoms with Crippen LogP contribution in [0.15, 0.2) is 42.6 Å². The van der Waals surface area contributed by atoms with Gasteiger partial charge in [-0.15, -0.1) is 0 Å². The minimum atomic E-state index is -0.0228. The Kier molecular flexibility index (Phi) is 3.87. The number of amides is 3. The van der Waals surface area contributed by atoms with Crippen LogP contribution >= 0.6 is 0 Å². The number of aromatic nitrogens is 1. The number of fused-ring (bicyclic) bond motifs is 1. The Balaban J connectivity index is 1.60. The summed E-state index contributed by atoms with van der Waals surface area (Å²) in [5.74, 6) is 0.0225. The van der Waals surface area contributed by atoms with Gasteiger partial charge in [0.15, 0.2) is 0 Å². The zero-order valence-corrected chi connectivity index (χ0v) is 14.1. The number of carbonyl (C=O) groups excluding carboxylic acids is 2. The van der Waals surface area contributed by atoms with Crippen LogP contribution in [0.3, 0.4) is 0 Å². The van der Waals surface area contributed by atoms with Gasteiger partial charge in [-0.25, -0.2) is 4.79 Å². The Morgan fingerprint density at radius 3 is 2.88 bits per heavy atom. The smallest absolute Gasteiger partial charge is 0.317 e. The fourth-order valence-corrected chi connectivity index (χ4v) is 3.63. The molecule has 0 saturated carbocycles. The summed E-state index contributed by atoms with van der Waals surface area (Å²) in [6.07, 6.45) is 1.76. The highest BCUT2D eigenvalue weighted by molar-refractivity contribution is 5.97. The maximum Gasteiger partial charge on any atom is 0.317 e. The number of pyridine rings is 1. The molecule has 3 amide bonds. The monoisotopic (exact) mass is 336 g/mol. The van der Waals surface area contributed by atoms with Gasteiger partial charge < -0.3 is 15.1 Å².